The first kappa shape index (κ1) is 53.7. The lowest BCUT2D eigenvalue weighted by molar-refractivity contribution is -0.157. The molecule has 3 atom stereocenters. The van der Waals surface area contributed by atoms with Gasteiger partial charge in [0.05, 0.1) is 9.90 Å². The molecule has 6 N–H and O–H groups in total. The summed E-state index contributed by atoms with van der Waals surface area (Å²) in [5.74, 6) is -4.56. The number of thioether (sulfide) groups is 2. The van der Waals surface area contributed by atoms with Crippen molar-refractivity contribution in [3.05, 3.63) is 243 Å². The standard InChI is InChI=1S/C59H48N8O8S5/c68-48-45(52(71)72)53(80-66-48)79-36-57(54(73)74)34-67-50(70)47(51(67)78-35-57)62-49(69)46(44-33-77-56(61-44)64-59(40-25-13-4-14-26-40,41-27-15-5-16-28-41)42-29-17-6-18-30-42)65-75-31-43-32-76-55(60-43)63-58(37-19-7-1-8-20-37,38-21-9-2-10-22-38)39-23-11-3-12-24-39/h1-30,32-33,47,51H,31,34-36H2,(H,60,63)(H,61,64)(H,62,69)(H,66,68)(H,71,72)(H,73,74)/t47?,51-,57?/m1/s1. The van der Waals surface area contributed by atoms with Crippen molar-refractivity contribution >= 4 is 97.5 Å². The second-order valence-electron chi connectivity index (χ2n) is 18.8. The zero-order valence-electron chi connectivity index (χ0n) is 42.1. The van der Waals surface area contributed by atoms with Gasteiger partial charge in [-0.3, -0.25) is 14.4 Å². The van der Waals surface area contributed by atoms with Crippen LogP contribution in [0.15, 0.2) is 202 Å². The number of rotatable bonds is 21. The number of aliphatic carboxylic acids is 1. The Morgan fingerprint density at radius 3 is 1.61 bits per heavy atom. The van der Waals surface area contributed by atoms with Gasteiger partial charge in [-0.1, -0.05) is 187 Å². The zero-order chi connectivity index (χ0) is 55.3. The lowest BCUT2D eigenvalue weighted by atomic mass is 9.77. The molecule has 0 radical (unpaired) electrons. The van der Waals surface area contributed by atoms with Gasteiger partial charge in [0.25, 0.3) is 5.91 Å². The lowest BCUT2D eigenvalue weighted by Crippen LogP contribution is -2.74. The molecule has 80 heavy (non-hydrogen) atoms. The number of hydrogen-bond acceptors (Lipinski definition) is 17. The number of benzene rings is 6. The number of aromatic hydroxyl groups is 1. The predicted molar refractivity (Wildman–Crippen MR) is 313 cm³/mol. The number of thiazole rings is 2. The fourth-order valence-corrected chi connectivity index (χ4v) is 15.2. The zero-order valence-corrected chi connectivity index (χ0v) is 46.2. The van der Waals surface area contributed by atoms with E-state index in [0.717, 1.165) is 56.7 Å². The molecule has 2 aliphatic heterocycles. The first-order valence-electron chi connectivity index (χ1n) is 25.0. The van der Waals surface area contributed by atoms with Crippen molar-refractivity contribution in [2.45, 2.75) is 33.3 Å². The summed E-state index contributed by atoms with van der Waals surface area (Å²) in [6.45, 7) is -0.340. The normalized spacial score (nSPS) is 17.2. The van der Waals surface area contributed by atoms with Crippen LogP contribution in [0.1, 0.15) is 55.1 Å². The van der Waals surface area contributed by atoms with Gasteiger partial charge < -0.3 is 41.0 Å². The number of oxime groups is 1. The first-order chi connectivity index (χ1) is 39.0. The summed E-state index contributed by atoms with van der Waals surface area (Å²) in [7, 11) is 0. The second-order valence-corrected chi connectivity index (χ2v) is 23.6. The highest BCUT2D eigenvalue weighted by molar-refractivity contribution is 8.01. The van der Waals surface area contributed by atoms with E-state index in [-0.39, 0.29) is 40.3 Å². The fraction of sp³-hybridized carbons (Fsp3) is 0.153. The van der Waals surface area contributed by atoms with Crippen LogP contribution in [0.5, 0.6) is 5.88 Å². The molecule has 11 rings (SSSR count). The molecule has 3 aromatic heterocycles. The minimum Gasteiger partial charge on any atom is -0.492 e. The van der Waals surface area contributed by atoms with Crippen LogP contribution < -0.4 is 16.0 Å². The van der Waals surface area contributed by atoms with Crippen LogP contribution in [0, 0.1) is 5.41 Å². The van der Waals surface area contributed by atoms with Crippen LogP contribution >= 0.6 is 57.7 Å². The Bertz CT molecular complexity index is 3490. The number of amides is 2. The van der Waals surface area contributed by atoms with Crippen LogP contribution in [0.3, 0.4) is 0 Å². The third-order valence-corrected chi connectivity index (χ3v) is 19.5. The van der Waals surface area contributed by atoms with E-state index in [1.165, 1.54) is 39.3 Å². The maximum Gasteiger partial charge on any atom is 0.343 e. The van der Waals surface area contributed by atoms with Crippen molar-refractivity contribution in [3.8, 4) is 5.88 Å². The summed E-state index contributed by atoms with van der Waals surface area (Å²) in [5, 5.41) is 49.1. The largest absolute Gasteiger partial charge is 0.492 e. The van der Waals surface area contributed by atoms with Crippen molar-refractivity contribution in [2.75, 3.05) is 28.7 Å². The Hall–Kier alpha value is -8.34. The summed E-state index contributed by atoms with van der Waals surface area (Å²) in [4.78, 5) is 71.0. The topological polar surface area (TPSA) is 229 Å². The Kier molecular flexibility index (Phi) is 15.5. The Balaban J connectivity index is 0.887. The highest BCUT2D eigenvalue weighted by Gasteiger charge is 2.58. The summed E-state index contributed by atoms with van der Waals surface area (Å²) in [6, 6.07) is 59.4. The molecule has 0 saturated carbocycles. The average molecular weight is 1160 g/mol. The molecule has 0 bridgehead atoms. The van der Waals surface area contributed by atoms with Gasteiger partial charge in [0.1, 0.15) is 39.2 Å². The number of nitrogens with zero attached hydrogens (tertiary/aromatic N) is 5. The Labute approximate surface area is 479 Å². The van der Waals surface area contributed by atoms with Crippen LogP contribution in [-0.4, -0.2) is 93.5 Å². The van der Waals surface area contributed by atoms with Crippen LogP contribution in [-0.2, 0) is 36.9 Å². The minimum absolute atomic E-state index is 0.0359. The number of carbonyl (C=O) groups is 4. The summed E-state index contributed by atoms with van der Waals surface area (Å²) >= 11 is 5.54. The van der Waals surface area contributed by atoms with Gasteiger partial charge in [0.15, 0.2) is 22.6 Å². The molecule has 2 unspecified atom stereocenters. The first-order valence-corrected chi connectivity index (χ1v) is 29.6. The van der Waals surface area contributed by atoms with E-state index in [0.29, 0.717) is 16.0 Å². The maximum absolute atomic E-state index is 14.8. The third-order valence-electron chi connectivity index (χ3n) is 13.9. The molecule has 0 aliphatic carbocycles. The quantitative estimate of drug-likeness (QED) is 0.0129. The number of carboxylic acids is 2. The van der Waals surface area contributed by atoms with Crippen molar-refractivity contribution in [1.82, 2.24) is 24.6 Å². The number of hydrogen-bond donors (Lipinski definition) is 6. The maximum atomic E-state index is 14.8. The molecule has 2 amide bonds. The van der Waals surface area contributed by atoms with Crippen molar-refractivity contribution < 1.29 is 39.3 Å². The monoisotopic (exact) mass is 1160 g/mol. The van der Waals surface area contributed by atoms with Gasteiger partial charge in [0.2, 0.25) is 11.8 Å². The number of fused-ring (bicyclic) bond motifs is 1. The molecule has 16 nitrogen and oxygen atoms in total. The second kappa shape index (κ2) is 23.2. The molecule has 9 aromatic rings. The summed E-state index contributed by atoms with van der Waals surface area (Å²) in [5.41, 5.74) is 2.61. The van der Waals surface area contributed by atoms with Gasteiger partial charge in [-0.2, -0.15) is 4.37 Å². The van der Waals surface area contributed by atoms with Gasteiger partial charge in [-0.15, -0.1) is 46.2 Å². The van der Waals surface area contributed by atoms with Gasteiger partial charge in [0, 0.05) is 28.8 Å². The van der Waals surface area contributed by atoms with E-state index in [2.05, 4.69) is 61.9 Å². The van der Waals surface area contributed by atoms with E-state index >= 15 is 0 Å². The Morgan fingerprint density at radius 1 is 0.688 bits per heavy atom. The highest BCUT2D eigenvalue weighted by atomic mass is 32.2. The lowest BCUT2D eigenvalue weighted by Gasteiger charge is -2.53. The van der Waals surface area contributed by atoms with Crippen LogP contribution in [0.2, 0.25) is 0 Å². The molecule has 6 aromatic carbocycles. The number of nitrogens with one attached hydrogen (secondary N) is 3. The summed E-state index contributed by atoms with van der Waals surface area (Å²) in [6.07, 6.45) is 0. The van der Waals surface area contributed by atoms with Crippen molar-refractivity contribution in [3.63, 3.8) is 0 Å². The van der Waals surface area contributed by atoms with E-state index in [1.54, 1.807) is 5.38 Å². The fourth-order valence-electron chi connectivity index (χ4n) is 9.99. The molecular weight excluding hydrogens is 1110 g/mol. The van der Waals surface area contributed by atoms with Gasteiger partial charge >= 0.3 is 11.9 Å². The number of aromatic nitrogens is 3. The molecule has 5 heterocycles. The predicted octanol–water partition coefficient (Wildman–Crippen LogP) is 10.5. The van der Waals surface area contributed by atoms with Gasteiger partial charge in [-0.05, 0) is 44.9 Å². The van der Waals surface area contributed by atoms with Crippen molar-refractivity contribution in [1.29, 1.82) is 0 Å². The molecule has 402 valence electrons. The molecule has 21 heteroatoms. The van der Waals surface area contributed by atoms with E-state index in [4.69, 9.17) is 14.8 Å². The van der Waals surface area contributed by atoms with E-state index < -0.39 is 63.1 Å². The molecular formula is C59H48N8O8S5. The summed E-state index contributed by atoms with van der Waals surface area (Å²) < 4.78 is 3.87. The number of β-lactam (4-membered cyclic amide) rings is 1. The molecule has 2 aliphatic rings. The van der Waals surface area contributed by atoms with Crippen LogP contribution in [0.25, 0.3) is 0 Å². The highest BCUT2D eigenvalue weighted by Crippen LogP contribution is 2.47. The smallest absolute Gasteiger partial charge is 0.343 e. The number of carboxylic acid groups (broad SMARTS) is 2. The third kappa shape index (κ3) is 10.4. The average Bonchev–Trinajstić information content (AvgIpc) is 4.07. The van der Waals surface area contributed by atoms with E-state index in [1.807, 2.05) is 151 Å². The van der Waals surface area contributed by atoms with E-state index in [9.17, 15) is 34.5 Å². The molecule has 2 fully saturated rings. The van der Waals surface area contributed by atoms with Crippen molar-refractivity contribution in [2.24, 2.45) is 10.6 Å². The Morgan fingerprint density at radius 2 is 1.15 bits per heavy atom. The van der Waals surface area contributed by atoms with Crippen LogP contribution in [0.4, 0.5) is 10.3 Å². The number of anilines is 2. The SMILES string of the molecule is O=C(NC1C(=O)N2CC(CSc3snc(O)c3C(=O)O)(C(=O)O)CS[C@H]12)C(=NOCc1csc(NC(c2ccccc2)(c2ccccc2)c2ccccc2)n1)c1csc(NC(c2ccccc2)(c2ccccc2)c2ccccc2)n1. The minimum atomic E-state index is -1.48. The molecule has 2 saturated heterocycles. The van der Waals surface area contributed by atoms with Gasteiger partial charge in [-0.25, -0.2) is 14.8 Å². The number of carbonyl (C=O) groups excluding carboxylic acids is 2. The molecule has 0 spiro atoms. The number of aromatic carboxylic acids is 1.